The number of hydrogen-bond donors (Lipinski definition) is 2. The maximum Gasteiger partial charge on any atom is 0.243 e. The number of nitrogens with one attached hydrogen (secondary N) is 1. The van der Waals surface area contributed by atoms with E-state index in [2.05, 4.69) is 19.7 Å². The van der Waals surface area contributed by atoms with Crippen LogP contribution in [0, 0.1) is 11.6 Å². The fourth-order valence-electron chi connectivity index (χ4n) is 2.78. The van der Waals surface area contributed by atoms with Crippen molar-refractivity contribution in [3.63, 3.8) is 0 Å². The number of halogens is 2. The smallest absolute Gasteiger partial charge is 0.243 e. The summed E-state index contributed by atoms with van der Waals surface area (Å²) in [6, 6.07) is 4.40. The summed E-state index contributed by atoms with van der Waals surface area (Å²) in [5.41, 5.74) is 4.47. The summed E-state index contributed by atoms with van der Waals surface area (Å²) in [4.78, 5) is 23.6. The molecule has 2 heterocycles. The summed E-state index contributed by atoms with van der Waals surface area (Å²) >= 11 is 0. The van der Waals surface area contributed by atoms with Gasteiger partial charge >= 0.3 is 0 Å². The van der Waals surface area contributed by atoms with Gasteiger partial charge in [0.05, 0.1) is 17.5 Å². The van der Waals surface area contributed by atoms with Crippen LogP contribution in [0.1, 0.15) is 28.9 Å². The van der Waals surface area contributed by atoms with Gasteiger partial charge in [-0.1, -0.05) is 0 Å². The molecule has 4 rings (SSSR count). The molecule has 3 aromatic rings. The first-order valence-electron chi connectivity index (χ1n) is 8.86. The average molecular weight is 431 g/mol. The number of hydrogen-bond acceptors (Lipinski definition) is 7. The van der Waals surface area contributed by atoms with Crippen LogP contribution in [0.4, 0.5) is 14.6 Å². The Morgan fingerprint density at radius 1 is 1.17 bits per heavy atom. The molecule has 1 aromatic carbocycles. The normalized spacial score (nSPS) is 13.9. The highest BCUT2D eigenvalue weighted by molar-refractivity contribution is 7.89. The van der Waals surface area contributed by atoms with Crippen LogP contribution in [0.15, 0.2) is 47.8 Å². The zero-order chi connectivity index (χ0) is 21.5. The van der Waals surface area contributed by atoms with Crippen LogP contribution in [0.3, 0.4) is 0 Å². The van der Waals surface area contributed by atoms with Crippen LogP contribution in [-0.4, -0.2) is 35.2 Å². The number of aromatic nitrogens is 3. The molecule has 8 nitrogen and oxygen atoms in total. The number of ketones is 1. The van der Waals surface area contributed by atoms with Crippen molar-refractivity contribution in [1.82, 2.24) is 19.7 Å². The first-order valence-corrected chi connectivity index (χ1v) is 10.3. The minimum atomic E-state index is -4.19. The molecule has 30 heavy (non-hydrogen) atoms. The molecular formula is C19H15F2N5O3S. The highest BCUT2D eigenvalue weighted by Gasteiger charge is 2.32. The zero-order valence-corrected chi connectivity index (χ0v) is 16.2. The Morgan fingerprint density at radius 2 is 1.93 bits per heavy atom. The minimum Gasteiger partial charge on any atom is -0.382 e. The van der Waals surface area contributed by atoms with Crippen molar-refractivity contribution in [2.45, 2.75) is 23.8 Å². The Morgan fingerprint density at radius 3 is 2.60 bits per heavy atom. The van der Waals surface area contributed by atoms with E-state index in [9.17, 15) is 17.6 Å². The van der Waals surface area contributed by atoms with E-state index in [-0.39, 0.29) is 28.8 Å². The first kappa shape index (κ1) is 20.0. The van der Waals surface area contributed by atoms with Crippen LogP contribution in [-0.2, 0) is 10.0 Å². The molecule has 0 saturated heterocycles. The van der Waals surface area contributed by atoms with Crippen LogP contribution >= 0.6 is 0 Å². The lowest BCUT2D eigenvalue weighted by Crippen LogP contribution is -2.26. The number of nitrogens with two attached hydrogens (primary N) is 1. The maximum absolute atomic E-state index is 15.1. The zero-order valence-electron chi connectivity index (χ0n) is 15.3. The molecule has 2 aromatic heterocycles. The van der Waals surface area contributed by atoms with E-state index < -0.39 is 37.9 Å². The SMILES string of the molecule is Nc1ncc(-c2c(F)ccc(S(=O)(=O)NC3CC3)c2F)nc1C(=O)c1cccnc1. The van der Waals surface area contributed by atoms with Crippen molar-refractivity contribution in [3.8, 4) is 11.3 Å². The lowest BCUT2D eigenvalue weighted by Gasteiger charge is -2.12. The number of nitrogens with zero attached hydrogens (tertiary/aromatic N) is 3. The Bertz CT molecular complexity index is 1250. The fourth-order valence-corrected chi connectivity index (χ4v) is 4.17. The number of sulfonamides is 1. The van der Waals surface area contributed by atoms with E-state index in [0.29, 0.717) is 12.8 Å². The number of rotatable bonds is 6. The van der Waals surface area contributed by atoms with Crippen LogP contribution < -0.4 is 10.5 Å². The highest BCUT2D eigenvalue weighted by Crippen LogP contribution is 2.31. The van der Waals surface area contributed by atoms with Crippen molar-refractivity contribution < 1.29 is 22.0 Å². The summed E-state index contributed by atoms with van der Waals surface area (Å²) in [6.07, 6.45) is 5.03. The molecule has 1 fully saturated rings. The molecule has 0 spiro atoms. The van der Waals surface area contributed by atoms with E-state index in [1.54, 1.807) is 0 Å². The second kappa shape index (κ2) is 7.50. The van der Waals surface area contributed by atoms with E-state index in [4.69, 9.17) is 5.73 Å². The van der Waals surface area contributed by atoms with E-state index >= 15 is 4.39 Å². The van der Waals surface area contributed by atoms with Gasteiger partial charge in [0.25, 0.3) is 0 Å². The van der Waals surface area contributed by atoms with Crippen molar-refractivity contribution >= 4 is 21.6 Å². The van der Waals surface area contributed by atoms with Gasteiger partial charge in [0.1, 0.15) is 10.7 Å². The number of pyridine rings is 1. The monoisotopic (exact) mass is 431 g/mol. The molecular weight excluding hydrogens is 416 g/mol. The highest BCUT2D eigenvalue weighted by atomic mass is 32.2. The van der Waals surface area contributed by atoms with Crippen molar-refractivity contribution in [3.05, 3.63) is 65.7 Å². The number of carbonyl (C=O) groups is 1. The Kier molecular flexibility index (Phi) is 5.00. The molecule has 0 atom stereocenters. The lowest BCUT2D eigenvalue weighted by molar-refractivity contribution is 0.103. The van der Waals surface area contributed by atoms with Gasteiger partial charge in [0.15, 0.2) is 17.3 Å². The lowest BCUT2D eigenvalue weighted by atomic mass is 10.1. The van der Waals surface area contributed by atoms with Crippen molar-refractivity contribution in [2.24, 2.45) is 0 Å². The molecule has 0 unspecified atom stereocenters. The van der Waals surface area contributed by atoms with Gasteiger partial charge in [0.2, 0.25) is 15.8 Å². The molecule has 0 amide bonds. The van der Waals surface area contributed by atoms with Crippen LogP contribution in [0.25, 0.3) is 11.3 Å². The summed E-state index contributed by atoms with van der Waals surface area (Å²) in [5.74, 6) is -3.28. The number of anilines is 1. The van der Waals surface area contributed by atoms with E-state index in [1.807, 2.05) is 0 Å². The van der Waals surface area contributed by atoms with E-state index in [1.165, 1.54) is 24.5 Å². The van der Waals surface area contributed by atoms with Crippen molar-refractivity contribution in [1.29, 1.82) is 0 Å². The molecule has 11 heteroatoms. The maximum atomic E-state index is 15.1. The number of carbonyl (C=O) groups excluding carboxylic acids is 1. The van der Waals surface area contributed by atoms with Gasteiger partial charge in [-0.2, -0.15) is 0 Å². The standard InChI is InChI=1S/C19H15F2N5O3S/c20-12-5-6-14(30(28,29)26-11-3-4-11)16(21)15(12)13-9-24-19(22)17(25-13)18(27)10-2-1-7-23-8-10/h1-2,5-9,11,26H,3-4H2,(H2,22,24). The number of nitrogen functional groups attached to an aromatic ring is 1. The minimum absolute atomic E-state index is 0.154. The van der Waals surface area contributed by atoms with Gasteiger partial charge in [-0.25, -0.2) is 31.9 Å². The largest absolute Gasteiger partial charge is 0.382 e. The predicted molar refractivity (Wildman–Crippen MR) is 103 cm³/mol. The fraction of sp³-hybridized carbons (Fsp3) is 0.158. The third-order valence-electron chi connectivity index (χ3n) is 4.44. The average Bonchev–Trinajstić information content (AvgIpc) is 3.52. The van der Waals surface area contributed by atoms with E-state index in [0.717, 1.165) is 18.3 Å². The molecule has 0 aliphatic heterocycles. The molecule has 1 aliphatic rings. The van der Waals surface area contributed by atoms with Crippen molar-refractivity contribution in [2.75, 3.05) is 5.73 Å². The summed E-state index contributed by atoms with van der Waals surface area (Å²) in [6.45, 7) is 0. The van der Waals surface area contributed by atoms with Gasteiger partial charge in [-0.05, 0) is 37.1 Å². The second-order valence-electron chi connectivity index (χ2n) is 6.69. The van der Waals surface area contributed by atoms with Gasteiger partial charge < -0.3 is 5.73 Å². The van der Waals surface area contributed by atoms with Crippen LogP contribution in [0.5, 0.6) is 0 Å². The third kappa shape index (κ3) is 3.76. The number of benzene rings is 1. The Labute approximate surface area is 170 Å². The predicted octanol–water partition coefficient (Wildman–Crippen LogP) is 2.07. The van der Waals surface area contributed by atoms with Gasteiger partial charge in [0, 0.05) is 24.0 Å². The quantitative estimate of drug-likeness (QED) is 0.572. The Hall–Kier alpha value is -3.31. The molecule has 0 bridgehead atoms. The molecule has 1 aliphatic carbocycles. The van der Waals surface area contributed by atoms with Gasteiger partial charge in [-0.15, -0.1) is 0 Å². The topological polar surface area (TPSA) is 128 Å². The van der Waals surface area contributed by atoms with Crippen LogP contribution in [0.2, 0.25) is 0 Å². The first-order chi connectivity index (χ1) is 14.3. The third-order valence-corrected chi connectivity index (χ3v) is 5.98. The molecule has 0 radical (unpaired) electrons. The summed E-state index contributed by atoms with van der Waals surface area (Å²) in [7, 11) is -4.19. The molecule has 154 valence electrons. The Balaban J connectivity index is 1.81. The summed E-state index contributed by atoms with van der Waals surface area (Å²) in [5, 5.41) is 0. The molecule has 3 N–H and O–H groups in total. The summed E-state index contributed by atoms with van der Waals surface area (Å²) < 4.78 is 56.8. The molecule has 1 saturated carbocycles. The second-order valence-corrected chi connectivity index (χ2v) is 8.37. The van der Waals surface area contributed by atoms with Gasteiger partial charge in [-0.3, -0.25) is 9.78 Å².